The Hall–Kier alpha value is -3.04. The molecule has 2 N–H and O–H groups in total. The fraction of sp³-hybridized carbons (Fsp3) is 0.478. The molecule has 0 aliphatic carbocycles. The molecule has 0 atom stereocenters. The quantitative estimate of drug-likeness (QED) is 0.591. The van der Waals surface area contributed by atoms with Crippen LogP contribution in [0.4, 0.5) is 17.5 Å². The Morgan fingerprint density at radius 2 is 1.94 bits per heavy atom. The molecule has 32 heavy (non-hydrogen) atoms. The van der Waals surface area contributed by atoms with Gasteiger partial charge in [0.2, 0.25) is 5.95 Å². The zero-order valence-corrected chi connectivity index (χ0v) is 18.6. The minimum atomic E-state index is 0.0478. The van der Waals surface area contributed by atoms with Crippen molar-refractivity contribution in [3.8, 4) is 0 Å². The molecule has 0 radical (unpaired) electrons. The number of nitrogens with one attached hydrogen (secondary N) is 2. The summed E-state index contributed by atoms with van der Waals surface area (Å²) in [5.74, 6) is 1.21. The summed E-state index contributed by atoms with van der Waals surface area (Å²) in [6.45, 7) is 8.92. The van der Waals surface area contributed by atoms with Crippen molar-refractivity contribution >= 4 is 34.3 Å². The average molecular weight is 436 g/mol. The number of hydrogen-bond donors (Lipinski definition) is 2. The third kappa shape index (κ3) is 3.93. The van der Waals surface area contributed by atoms with E-state index >= 15 is 0 Å². The Kier molecular flexibility index (Phi) is 5.75. The Morgan fingerprint density at radius 3 is 2.62 bits per heavy atom. The molecule has 9 nitrogen and oxygen atoms in total. The highest BCUT2D eigenvalue weighted by atomic mass is 16.5. The van der Waals surface area contributed by atoms with Crippen LogP contribution in [0.1, 0.15) is 41.9 Å². The number of anilines is 3. The van der Waals surface area contributed by atoms with Crippen LogP contribution in [0.3, 0.4) is 0 Å². The number of pyridine rings is 1. The van der Waals surface area contributed by atoms with Gasteiger partial charge in [0.05, 0.1) is 17.6 Å². The Bertz CT molecular complexity index is 1110. The number of rotatable bonds is 5. The lowest BCUT2D eigenvalue weighted by Crippen LogP contribution is -2.43. The monoisotopic (exact) mass is 435 g/mol. The van der Waals surface area contributed by atoms with Crippen LogP contribution < -0.4 is 15.5 Å². The number of aryl methyl sites for hydroxylation is 1. The lowest BCUT2D eigenvalue weighted by molar-refractivity contribution is 0.0691. The van der Waals surface area contributed by atoms with Gasteiger partial charge in [-0.2, -0.15) is 4.98 Å². The zero-order valence-electron chi connectivity index (χ0n) is 18.6. The fourth-order valence-electron chi connectivity index (χ4n) is 4.71. The molecule has 5 rings (SSSR count). The first-order chi connectivity index (χ1) is 15.6. The number of Topliss-reactive ketones (excluding diaryl/α,β-unsaturated/α-hetero) is 1. The van der Waals surface area contributed by atoms with Gasteiger partial charge in [-0.25, -0.2) is 9.97 Å². The molecule has 0 aromatic carbocycles. The van der Waals surface area contributed by atoms with E-state index in [2.05, 4.69) is 36.1 Å². The molecule has 2 fully saturated rings. The summed E-state index contributed by atoms with van der Waals surface area (Å²) < 4.78 is 7.64. The lowest BCUT2D eigenvalue weighted by Gasteiger charge is -2.29. The highest BCUT2D eigenvalue weighted by Crippen LogP contribution is 2.33. The first-order valence-electron chi connectivity index (χ1n) is 11.3. The van der Waals surface area contributed by atoms with Crippen LogP contribution in [0.15, 0.2) is 24.5 Å². The van der Waals surface area contributed by atoms with Crippen molar-refractivity contribution in [1.82, 2.24) is 24.8 Å². The average Bonchev–Trinajstić information content (AvgIpc) is 3.13. The summed E-state index contributed by atoms with van der Waals surface area (Å²) in [6.07, 6.45) is 5.42. The van der Waals surface area contributed by atoms with E-state index in [-0.39, 0.29) is 11.8 Å². The summed E-state index contributed by atoms with van der Waals surface area (Å²) in [5.41, 5.74) is 3.55. The third-order valence-electron chi connectivity index (χ3n) is 6.36. The molecule has 0 spiro atoms. The molecule has 2 saturated heterocycles. The van der Waals surface area contributed by atoms with Crippen molar-refractivity contribution in [3.63, 3.8) is 0 Å². The molecule has 0 saturated carbocycles. The van der Waals surface area contributed by atoms with Gasteiger partial charge in [-0.05, 0) is 37.5 Å². The molecular formula is C23H29N7O2. The number of ether oxygens (including phenoxy) is 1. The normalized spacial score (nSPS) is 17.6. The number of hydrogen-bond acceptors (Lipinski definition) is 8. The zero-order chi connectivity index (χ0) is 22.1. The van der Waals surface area contributed by atoms with Crippen molar-refractivity contribution in [3.05, 3.63) is 35.8 Å². The second kappa shape index (κ2) is 8.84. The lowest BCUT2D eigenvalue weighted by atomic mass is 10.1. The van der Waals surface area contributed by atoms with Crippen molar-refractivity contribution in [2.24, 2.45) is 0 Å². The van der Waals surface area contributed by atoms with Crippen molar-refractivity contribution in [2.45, 2.75) is 32.7 Å². The summed E-state index contributed by atoms with van der Waals surface area (Å²) >= 11 is 0. The van der Waals surface area contributed by atoms with Gasteiger partial charge in [-0.15, -0.1) is 0 Å². The van der Waals surface area contributed by atoms with Gasteiger partial charge in [0.25, 0.3) is 0 Å². The number of carbonyl (C=O) groups is 1. The molecule has 9 heteroatoms. The third-order valence-corrected chi connectivity index (χ3v) is 6.36. The highest BCUT2D eigenvalue weighted by Gasteiger charge is 2.26. The summed E-state index contributed by atoms with van der Waals surface area (Å²) in [4.78, 5) is 28.7. The van der Waals surface area contributed by atoms with Gasteiger partial charge in [0.1, 0.15) is 11.5 Å². The SMILES string of the molecule is CC(=O)c1c(C)c2cnc(Nc3ccc(N4CCNCC4)cn3)nc2n1C1CCOCC1. The summed E-state index contributed by atoms with van der Waals surface area (Å²) in [6, 6.07) is 4.22. The van der Waals surface area contributed by atoms with Gasteiger partial charge in [-0.1, -0.05) is 0 Å². The molecule has 2 aliphatic rings. The minimum Gasteiger partial charge on any atom is -0.381 e. The van der Waals surface area contributed by atoms with E-state index in [0.717, 1.165) is 67.0 Å². The Morgan fingerprint density at radius 1 is 1.16 bits per heavy atom. The van der Waals surface area contributed by atoms with E-state index in [1.54, 1.807) is 13.1 Å². The molecule has 2 aliphatic heterocycles. The van der Waals surface area contributed by atoms with Crippen molar-refractivity contribution in [1.29, 1.82) is 0 Å². The molecule has 0 unspecified atom stereocenters. The maximum atomic E-state index is 12.5. The Balaban J connectivity index is 1.45. The molecule has 0 amide bonds. The number of piperazine rings is 1. The molecule has 168 valence electrons. The predicted octanol–water partition coefficient (Wildman–Crippen LogP) is 2.84. The van der Waals surface area contributed by atoms with Crippen molar-refractivity contribution in [2.75, 3.05) is 49.6 Å². The Labute approximate surface area is 187 Å². The van der Waals surface area contributed by atoms with E-state index in [1.807, 2.05) is 19.2 Å². The van der Waals surface area contributed by atoms with Crippen LogP contribution in [-0.2, 0) is 4.74 Å². The maximum absolute atomic E-state index is 12.5. The van der Waals surface area contributed by atoms with Crippen molar-refractivity contribution < 1.29 is 9.53 Å². The number of nitrogens with zero attached hydrogens (tertiary/aromatic N) is 5. The van der Waals surface area contributed by atoms with Gasteiger partial charge in [0, 0.05) is 63.9 Å². The smallest absolute Gasteiger partial charge is 0.230 e. The highest BCUT2D eigenvalue weighted by molar-refractivity contribution is 6.00. The summed E-state index contributed by atoms with van der Waals surface area (Å²) in [5, 5.41) is 7.50. The molecular weight excluding hydrogens is 406 g/mol. The van der Waals surface area contributed by atoms with E-state index < -0.39 is 0 Å². The standard InChI is InChI=1S/C23H29N7O2/c1-15-19-14-26-23(27-20-4-3-18(13-25-20)29-9-7-24-8-10-29)28-22(19)30(21(15)16(2)31)17-5-11-32-12-6-17/h3-4,13-14,17,24H,5-12H2,1-2H3,(H,25,26,27,28). The van der Waals surface area contributed by atoms with Crippen LogP contribution in [-0.4, -0.2) is 64.7 Å². The number of carbonyl (C=O) groups excluding carboxylic acids is 1. The maximum Gasteiger partial charge on any atom is 0.230 e. The fourth-order valence-corrected chi connectivity index (χ4v) is 4.71. The molecule has 3 aromatic rings. The largest absolute Gasteiger partial charge is 0.381 e. The van der Waals surface area contributed by atoms with E-state index in [0.29, 0.717) is 25.0 Å². The van der Waals surface area contributed by atoms with Gasteiger partial charge < -0.3 is 24.8 Å². The second-order valence-electron chi connectivity index (χ2n) is 8.44. The van der Waals surface area contributed by atoms with Crippen LogP contribution in [0.5, 0.6) is 0 Å². The van der Waals surface area contributed by atoms with Gasteiger partial charge in [0.15, 0.2) is 5.78 Å². The first kappa shape index (κ1) is 20.8. The minimum absolute atomic E-state index is 0.0478. The van der Waals surface area contributed by atoms with E-state index in [1.165, 1.54) is 0 Å². The van der Waals surface area contributed by atoms with Crippen LogP contribution >= 0.6 is 0 Å². The van der Waals surface area contributed by atoms with Gasteiger partial charge >= 0.3 is 0 Å². The second-order valence-corrected chi connectivity index (χ2v) is 8.44. The number of aromatic nitrogens is 4. The van der Waals surface area contributed by atoms with Crippen LogP contribution in [0.25, 0.3) is 11.0 Å². The van der Waals surface area contributed by atoms with E-state index in [4.69, 9.17) is 9.72 Å². The molecule has 0 bridgehead atoms. The molecule has 5 heterocycles. The molecule has 3 aromatic heterocycles. The van der Waals surface area contributed by atoms with Crippen LogP contribution in [0.2, 0.25) is 0 Å². The van der Waals surface area contributed by atoms with Gasteiger partial charge in [-0.3, -0.25) is 4.79 Å². The number of fused-ring (bicyclic) bond motifs is 1. The van der Waals surface area contributed by atoms with E-state index in [9.17, 15) is 4.79 Å². The predicted molar refractivity (Wildman–Crippen MR) is 124 cm³/mol. The first-order valence-corrected chi connectivity index (χ1v) is 11.3. The van der Waals surface area contributed by atoms with Crippen LogP contribution in [0, 0.1) is 6.92 Å². The number of ketones is 1. The summed E-state index contributed by atoms with van der Waals surface area (Å²) in [7, 11) is 0. The topological polar surface area (TPSA) is 97.2 Å².